The summed E-state index contributed by atoms with van der Waals surface area (Å²) in [6.07, 6.45) is 4.39. The maximum absolute atomic E-state index is 10.9. The second-order valence-electron chi connectivity index (χ2n) is 5.38. The van der Waals surface area contributed by atoms with Crippen molar-refractivity contribution >= 4 is 20.0 Å². The van der Waals surface area contributed by atoms with Crippen molar-refractivity contribution in [1.82, 2.24) is 0 Å². The van der Waals surface area contributed by atoms with Gasteiger partial charge in [-0.15, -0.1) is 0 Å². The number of ether oxygens (including phenoxy) is 1. The molecule has 0 fully saturated rings. The second kappa shape index (κ2) is 5.66. The standard InChI is InChI=1S/C12H21NO4Si/c1-12(17-18(3,4)5)9-8-10(13-16-12)6-7-11(14)15-2/h6-7H,8-9H2,1-5H3/b7-6+. The number of hydrogen-bond acceptors (Lipinski definition) is 5. The predicted octanol–water partition coefficient (Wildman–Crippen LogP) is 2.45. The lowest BCUT2D eigenvalue weighted by molar-refractivity contribution is -0.185. The van der Waals surface area contributed by atoms with Gasteiger partial charge >= 0.3 is 5.97 Å². The van der Waals surface area contributed by atoms with Gasteiger partial charge in [0.05, 0.1) is 12.8 Å². The molecule has 1 atom stereocenters. The Labute approximate surface area is 109 Å². The molecule has 18 heavy (non-hydrogen) atoms. The van der Waals surface area contributed by atoms with Gasteiger partial charge in [0.15, 0.2) is 8.32 Å². The highest BCUT2D eigenvalue weighted by atomic mass is 28.4. The quantitative estimate of drug-likeness (QED) is 0.448. The van der Waals surface area contributed by atoms with Gasteiger partial charge in [-0.3, -0.25) is 0 Å². The SMILES string of the molecule is COC(=O)/C=C/C1=NOC(C)(O[Si](C)(C)C)CC1. The first-order valence-corrected chi connectivity index (χ1v) is 9.36. The van der Waals surface area contributed by atoms with Crippen molar-refractivity contribution in [2.45, 2.75) is 45.2 Å². The molecule has 0 aromatic heterocycles. The van der Waals surface area contributed by atoms with Crippen molar-refractivity contribution < 1.29 is 18.8 Å². The third-order valence-electron chi connectivity index (χ3n) is 2.33. The molecule has 0 bridgehead atoms. The molecule has 1 heterocycles. The number of oxime groups is 1. The number of hydrogen-bond donors (Lipinski definition) is 0. The Morgan fingerprint density at radius 3 is 2.61 bits per heavy atom. The van der Waals surface area contributed by atoms with Crippen LogP contribution in [-0.2, 0) is 18.8 Å². The molecule has 0 aromatic rings. The number of carbonyl (C=O) groups excluding carboxylic acids is 1. The number of nitrogens with zero attached hydrogens (tertiary/aromatic N) is 1. The molecule has 1 aliphatic rings. The van der Waals surface area contributed by atoms with Crippen molar-refractivity contribution in [2.75, 3.05) is 7.11 Å². The van der Waals surface area contributed by atoms with Crippen LogP contribution in [0.4, 0.5) is 0 Å². The van der Waals surface area contributed by atoms with Crippen LogP contribution in [0.25, 0.3) is 0 Å². The third-order valence-corrected chi connectivity index (χ3v) is 3.37. The molecular weight excluding hydrogens is 250 g/mol. The zero-order chi connectivity index (χ0) is 13.8. The zero-order valence-corrected chi connectivity index (χ0v) is 12.6. The molecule has 0 N–H and O–H groups in total. The molecule has 1 unspecified atom stereocenters. The maximum Gasteiger partial charge on any atom is 0.330 e. The summed E-state index contributed by atoms with van der Waals surface area (Å²) < 4.78 is 10.5. The number of esters is 1. The van der Waals surface area contributed by atoms with Crippen LogP contribution >= 0.6 is 0 Å². The van der Waals surface area contributed by atoms with Gasteiger partial charge in [0.2, 0.25) is 5.79 Å². The van der Waals surface area contributed by atoms with E-state index in [0.717, 1.165) is 12.1 Å². The fourth-order valence-corrected chi connectivity index (χ4v) is 3.10. The number of carbonyl (C=O) groups is 1. The smallest absolute Gasteiger partial charge is 0.330 e. The average Bonchev–Trinajstić information content (AvgIpc) is 2.25. The normalized spacial score (nSPS) is 24.6. The molecule has 0 radical (unpaired) electrons. The minimum absolute atomic E-state index is 0.399. The maximum atomic E-state index is 10.9. The summed E-state index contributed by atoms with van der Waals surface area (Å²) in [6.45, 7) is 8.23. The Bertz CT molecular complexity index is 373. The van der Waals surface area contributed by atoms with Crippen LogP contribution in [0.1, 0.15) is 19.8 Å². The summed E-state index contributed by atoms with van der Waals surface area (Å²) in [6, 6.07) is 0. The molecule has 0 spiro atoms. The molecule has 5 nitrogen and oxygen atoms in total. The fourth-order valence-electron chi connectivity index (χ4n) is 1.66. The van der Waals surface area contributed by atoms with Gasteiger partial charge in [0.1, 0.15) is 0 Å². The molecule has 1 rings (SSSR count). The lowest BCUT2D eigenvalue weighted by atomic mass is 10.1. The highest BCUT2D eigenvalue weighted by Gasteiger charge is 2.36. The molecular formula is C12H21NO4Si. The number of rotatable bonds is 4. The predicted molar refractivity (Wildman–Crippen MR) is 71.7 cm³/mol. The zero-order valence-electron chi connectivity index (χ0n) is 11.6. The third kappa shape index (κ3) is 5.01. The molecule has 0 aromatic carbocycles. The minimum Gasteiger partial charge on any atom is -0.466 e. The van der Waals surface area contributed by atoms with Gasteiger partial charge in [-0.2, -0.15) is 0 Å². The van der Waals surface area contributed by atoms with E-state index in [0.29, 0.717) is 6.42 Å². The second-order valence-corrected chi connectivity index (χ2v) is 9.81. The summed E-state index contributed by atoms with van der Waals surface area (Å²) in [5, 5.41) is 3.99. The first kappa shape index (κ1) is 14.9. The fraction of sp³-hybridized carbons (Fsp3) is 0.667. The van der Waals surface area contributed by atoms with Gasteiger partial charge in [0.25, 0.3) is 0 Å². The summed E-state index contributed by atoms with van der Waals surface area (Å²) in [7, 11) is -0.330. The van der Waals surface area contributed by atoms with E-state index in [4.69, 9.17) is 9.26 Å². The lowest BCUT2D eigenvalue weighted by Crippen LogP contribution is -2.43. The molecule has 0 saturated heterocycles. The van der Waals surface area contributed by atoms with Gasteiger partial charge in [-0.25, -0.2) is 4.79 Å². The van der Waals surface area contributed by atoms with E-state index >= 15 is 0 Å². The minimum atomic E-state index is -1.67. The van der Waals surface area contributed by atoms with E-state index in [2.05, 4.69) is 29.5 Å². The van der Waals surface area contributed by atoms with Crippen molar-refractivity contribution in [3.8, 4) is 0 Å². The Morgan fingerprint density at radius 2 is 2.17 bits per heavy atom. The van der Waals surface area contributed by atoms with Crippen molar-refractivity contribution in [2.24, 2.45) is 5.16 Å². The van der Waals surface area contributed by atoms with Crippen molar-refractivity contribution in [3.05, 3.63) is 12.2 Å². The van der Waals surface area contributed by atoms with Crippen LogP contribution in [0.15, 0.2) is 17.3 Å². The summed E-state index contributed by atoms with van der Waals surface area (Å²) in [5.74, 6) is -1.04. The Balaban J connectivity index is 2.60. The molecule has 0 saturated carbocycles. The van der Waals surface area contributed by atoms with Crippen LogP contribution in [-0.4, -0.2) is 32.9 Å². The molecule has 0 aliphatic carbocycles. The monoisotopic (exact) mass is 271 g/mol. The molecule has 6 heteroatoms. The van der Waals surface area contributed by atoms with Gasteiger partial charge in [-0.05, 0) is 32.1 Å². The first-order chi connectivity index (χ1) is 8.24. The van der Waals surface area contributed by atoms with E-state index in [-0.39, 0.29) is 0 Å². The van der Waals surface area contributed by atoms with E-state index in [1.165, 1.54) is 13.2 Å². The molecule has 1 aliphatic heterocycles. The Hall–Kier alpha value is -1.14. The van der Waals surface area contributed by atoms with Gasteiger partial charge < -0.3 is 14.0 Å². The highest BCUT2D eigenvalue weighted by Crippen LogP contribution is 2.28. The highest BCUT2D eigenvalue weighted by molar-refractivity contribution is 6.69. The molecule has 102 valence electrons. The van der Waals surface area contributed by atoms with Crippen LogP contribution < -0.4 is 0 Å². The van der Waals surface area contributed by atoms with E-state index < -0.39 is 20.1 Å². The summed E-state index contributed by atoms with van der Waals surface area (Å²) in [4.78, 5) is 16.4. The van der Waals surface area contributed by atoms with Crippen molar-refractivity contribution in [3.63, 3.8) is 0 Å². The van der Waals surface area contributed by atoms with Gasteiger partial charge in [-0.1, -0.05) is 5.16 Å². The van der Waals surface area contributed by atoms with Crippen LogP contribution in [0.2, 0.25) is 19.6 Å². The number of methoxy groups -OCH3 is 1. The topological polar surface area (TPSA) is 57.1 Å². The van der Waals surface area contributed by atoms with E-state index in [1.54, 1.807) is 6.08 Å². The Morgan fingerprint density at radius 1 is 1.50 bits per heavy atom. The van der Waals surface area contributed by atoms with Crippen molar-refractivity contribution in [1.29, 1.82) is 0 Å². The van der Waals surface area contributed by atoms with Crippen LogP contribution in [0.3, 0.4) is 0 Å². The van der Waals surface area contributed by atoms with E-state index in [9.17, 15) is 4.79 Å². The number of allylic oxidation sites excluding steroid dienone is 1. The largest absolute Gasteiger partial charge is 0.466 e. The first-order valence-electron chi connectivity index (χ1n) is 5.95. The van der Waals surface area contributed by atoms with E-state index in [1.807, 2.05) is 6.92 Å². The molecule has 0 amide bonds. The van der Waals surface area contributed by atoms with Crippen LogP contribution in [0.5, 0.6) is 0 Å². The Kier molecular flexibility index (Phi) is 4.69. The van der Waals surface area contributed by atoms with Crippen LogP contribution in [0, 0.1) is 0 Å². The average molecular weight is 271 g/mol. The summed E-state index contributed by atoms with van der Waals surface area (Å²) >= 11 is 0. The lowest BCUT2D eigenvalue weighted by Gasteiger charge is -2.36. The summed E-state index contributed by atoms with van der Waals surface area (Å²) in [5.41, 5.74) is 0.719. The van der Waals surface area contributed by atoms with Gasteiger partial charge in [0, 0.05) is 19.4 Å².